The van der Waals surface area contributed by atoms with Gasteiger partial charge in [0.2, 0.25) is 5.91 Å². The highest BCUT2D eigenvalue weighted by Crippen LogP contribution is 2.26. The van der Waals surface area contributed by atoms with E-state index in [0.29, 0.717) is 22.5 Å². The van der Waals surface area contributed by atoms with Gasteiger partial charge in [-0.05, 0) is 24.8 Å². The largest absolute Gasteiger partial charge is 0.355 e. The van der Waals surface area contributed by atoms with E-state index >= 15 is 0 Å². The summed E-state index contributed by atoms with van der Waals surface area (Å²) in [7, 11) is 0. The fourth-order valence-corrected chi connectivity index (χ4v) is 4.17. The molecule has 1 N–H and O–H groups in total. The van der Waals surface area contributed by atoms with E-state index in [2.05, 4.69) is 20.1 Å². The predicted molar refractivity (Wildman–Crippen MR) is 102 cm³/mol. The molecule has 0 aromatic carbocycles. The molecule has 1 aromatic heterocycles. The van der Waals surface area contributed by atoms with E-state index in [-0.39, 0.29) is 5.91 Å². The summed E-state index contributed by atoms with van der Waals surface area (Å²) in [5.74, 6) is 1.59. The van der Waals surface area contributed by atoms with Crippen molar-refractivity contribution in [3.8, 4) is 0 Å². The van der Waals surface area contributed by atoms with Crippen LogP contribution in [0.4, 0.5) is 5.82 Å². The second kappa shape index (κ2) is 9.06. The third-order valence-electron chi connectivity index (χ3n) is 5.14. The zero-order chi connectivity index (χ0) is 17.6. The molecule has 7 heteroatoms. The number of anilines is 1. The lowest BCUT2D eigenvalue weighted by atomic mass is 9.89. The van der Waals surface area contributed by atoms with Crippen molar-refractivity contribution < 1.29 is 4.79 Å². The molecule has 1 amide bonds. The fourth-order valence-electron chi connectivity index (χ4n) is 3.67. The molecular weight excluding hydrogens is 359 g/mol. The van der Waals surface area contributed by atoms with Crippen molar-refractivity contribution in [1.29, 1.82) is 0 Å². The number of carbonyl (C=O) groups is 1. The lowest BCUT2D eigenvalue weighted by Gasteiger charge is -2.35. The van der Waals surface area contributed by atoms with Crippen LogP contribution in [0.25, 0.3) is 0 Å². The number of aromatic nitrogens is 1. The first-order valence-electron chi connectivity index (χ1n) is 9.17. The van der Waals surface area contributed by atoms with E-state index in [1.165, 1.54) is 32.1 Å². The third kappa shape index (κ3) is 5.47. The monoisotopic (exact) mass is 384 g/mol. The summed E-state index contributed by atoms with van der Waals surface area (Å²) in [6.45, 7) is 4.59. The van der Waals surface area contributed by atoms with Gasteiger partial charge in [-0.2, -0.15) is 0 Å². The molecular formula is C18H26Cl2N4O. The molecule has 0 unspecified atom stereocenters. The first-order chi connectivity index (χ1) is 12.1. The highest BCUT2D eigenvalue weighted by molar-refractivity contribution is 6.36. The molecule has 1 saturated heterocycles. The number of hydrogen-bond donors (Lipinski definition) is 1. The number of carbonyl (C=O) groups excluding carboxylic acids is 1. The summed E-state index contributed by atoms with van der Waals surface area (Å²) >= 11 is 12.1. The van der Waals surface area contributed by atoms with Crippen molar-refractivity contribution in [1.82, 2.24) is 15.2 Å². The Morgan fingerprint density at radius 1 is 1.16 bits per heavy atom. The van der Waals surface area contributed by atoms with Crippen molar-refractivity contribution in [2.75, 3.05) is 44.2 Å². The van der Waals surface area contributed by atoms with Gasteiger partial charge in [0.25, 0.3) is 0 Å². The number of piperazine rings is 1. The molecule has 0 spiro atoms. The molecule has 0 bridgehead atoms. The maximum absolute atomic E-state index is 12.2. The van der Waals surface area contributed by atoms with Crippen LogP contribution in [0.15, 0.2) is 12.3 Å². The van der Waals surface area contributed by atoms with Gasteiger partial charge in [0.15, 0.2) is 0 Å². The van der Waals surface area contributed by atoms with Crippen LogP contribution in [-0.4, -0.2) is 55.1 Å². The minimum Gasteiger partial charge on any atom is -0.355 e. The van der Waals surface area contributed by atoms with Crippen LogP contribution in [0.5, 0.6) is 0 Å². The molecule has 0 radical (unpaired) electrons. The normalized spacial score (nSPS) is 19.8. The van der Waals surface area contributed by atoms with Gasteiger partial charge >= 0.3 is 0 Å². The number of amides is 1. The molecule has 5 nitrogen and oxygen atoms in total. The fraction of sp³-hybridized carbons (Fsp3) is 0.667. The zero-order valence-corrected chi connectivity index (χ0v) is 16.0. The van der Waals surface area contributed by atoms with E-state index in [9.17, 15) is 4.79 Å². The van der Waals surface area contributed by atoms with Crippen molar-refractivity contribution >= 4 is 34.9 Å². The van der Waals surface area contributed by atoms with E-state index in [1.54, 1.807) is 12.3 Å². The highest BCUT2D eigenvalue weighted by atomic mass is 35.5. The summed E-state index contributed by atoms with van der Waals surface area (Å²) in [5.41, 5.74) is 0. The van der Waals surface area contributed by atoms with Gasteiger partial charge in [0.05, 0.1) is 16.6 Å². The Hall–Kier alpha value is -1.04. The van der Waals surface area contributed by atoms with Crippen LogP contribution in [-0.2, 0) is 4.79 Å². The van der Waals surface area contributed by atoms with E-state index in [1.807, 2.05) is 0 Å². The van der Waals surface area contributed by atoms with Crippen molar-refractivity contribution in [3.05, 3.63) is 22.3 Å². The standard InChI is InChI=1S/C18H26Cl2N4O/c19-15-10-16(20)18(22-12-15)24-8-6-23(7-9-24)13-17(25)21-11-14-4-2-1-3-5-14/h10,12,14H,1-9,11,13H2,(H,21,25). The van der Waals surface area contributed by atoms with E-state index < -0.39 is 0 Å². The maximum atomic E-state index is 12.2. The molecule has 0 atom stereocenters. The molecule has 2 heterocycles. The smallest absolute Gasteiger partial charge is 0.234 e. The Bertz CT molecular complexity index is 584. The molecule has 1 saturated carbocycles. The minimum absolute atomic E-state index is 0.140. The van der Waals surface area contributed by atoms with Gasteiger partial charge in [-0.15, -0.1) is 0 Å². The average molecular weight is 385 g/mol. The second-order valence-corrected chi connectivity index (χ2v) is 7.87. The highest BCUT2D eigenvalue weighted by Gasteiger charge is 2.22. The Balaban J connectivity index is 1.40. The molecule has 138 valence electrons. The summed E-state index contributed by atoms with van der Waals surface area (Å²) in [5, 5.41) is 4.23. The quantitative estimate of drug-likeness (QED) is 0.846. The molecule has 1 aromatic rings. The summed E-state index contributed by atoms with van der Waals surface area (Å²) < 4.78 is 0. The van der Waals surface area contributed by atoms with Gasteiger partial charge < -0.3 is 10.2 Å². The first kappa shape index (κ1) is 18.7. The van der Waals surface area contributed by atoms with Crippen molar-refractivity contribution in [3.63, 3.8) is 0 Å². The second-order valence-electron chi connectivity index (χ2n) is 7.03. The van der Waals surface area contributed by atoms with Crippen LogP contribution in [0, 0.1) is 5.92 Å². The van der Waals surface area contributed by atoms with Gasteiger partial charge in [0, 0.05) is 38.9 Å². The number of pyridine rings is 1. The Labute approximate surface area is 159 Å². The predicted octanol–water partition coefficient (Wildman–Crippen LogP) is 3.21. The average Bonchev–Trinajstić information content (AvgIpc) is 2.62. The molecule has 2 fully saturated rings. The number of nitrogens with one attached hydrogen (secondary N) is 1. The molecule has 25 heavy (non-hydrogen) atoms. The van der Waals surface area contributed by atoms with Gasteiger partial charge in [-0.25, -0.2) is 4.98 Å². The summed E-state index contributed by atoms with van der Waals surface area (Å²) in [6.07, 6.45) is 8.10. The Kier molecular flexibility index (Phi) is 6.79. The summed E-state index contributed by atoms with van der Waals surface area (Å²) in [4.78, 5) is 20.9. The van der Waals surface area contributed by atoms with Gasteiger partial charge in [-0.3, -0.25) is 9.69 Å². The number of hydrogen-bond acceptors (Lipinski definition) is 4. The van der Waals surface area contributed by atoms with Crippen LogP contribution in [0.3, 0.4) is 0 Å². The van der Waals surface area contributed by atoms with E-state index in [4.69, 9.17) is 23.2 Å². The third-order valence-corrected chi connectivity index (χ3v) is 5.62. The molecule has 1 aliphatic heterocycles. The van der Waals surface area contributed by atoms with Crippen LogP contribution in [0.2, 0.25) is 10.0 Å². The molecule has 1 aliphatic carbocycles. The van der Waals surface area contributed by atoms with E-state index in [0.717, 1.165) is 38.5 Å². The minimum atomic E-state index is 0.140. The van der Waals surface area contributed by atoms with Crippen LogP contribution >= 0.6 is 23.2 Å². The Morgan fingerprint density at radius 3 is 2.56 bits per heavy atom. The number of halogens is 2. The SMILES string of the molecule is O=C(CN1CCN(c2ncc(Cl)cc2Cl)CC1)NCC1CCCCC1. The molecule has 2 aliphatic rings. The Morgan fingerprint density at radius 2 is 1.88 bits per heavy atom. The zero-order valence-electron chi connectivity index (χ0n) is 14.5. The summed E-state index contributed by atoms with van der Waals surface area (Å²) in [6, 6.07) is 1.72. The number of rotatable bonds is 5. The van der Waals surface area contributed by atoms with Crippen molar-refractivity contribution in [2.24, 2.45) is 5.92 Å². The van der Waals surface area contributed by atoms with Crippen molar-refractivity contribution in [2.45, 2.75) is 32.1 Å². The lowest BCUT2D eigenvalue weighted by molar-refractivity contribution is -0.122. The van der Waals surface area contributed by atoms with Gasteiger partial charge in [-0.1, -0.05) is 42.5 Å². The van der Waals surface area contributed by atoms with Crippen LogP contribution < -0.4 is 10.2 Å². The maximum Gasteiger partial charge on any atom is 0.234 e. The number of nitrogens with zero attached hydrogens (tertiary/aromatic N) is 3. The lowest BCUT2D eigenvalue weighted by Crippen LogP contribution is -2.50. The molecule has 3 rings (SSSR count). The van der Waals surface area contributed by atoms with Gasteiger partial charge in [0.1, 0.15) is 5.82 Å². The van der Waals surface area contributed by atoms with Crippen LogP contribution in [0.1, 0.15) is 32.1 Å². The first-order valence-corrected chi connectivity index (χ1v) is 9.92. The topological polar surface area (TPSA) is 48.5 Å².